The molecule has 0 amide bonds. The molecule has 0 aliphatic rings. The summed E-state index contributed by atoms with van der Waals surface area (Å²) in [4.78, 5) is 0. The number of aromatic hydroxyl groups is 2. The number of hydrogen-bond donors (Lipinski definition) is 2. The van der Waals surface area contributed by atoms with Crippen molar-refractivity contribution in [2.24, 2.45) is 0 Å². The van der Waals surface area contributed by atoms with E-state index in [-0.39, 0.29) is 28.6 Å². The van der Waals surface area contributed by atoms with Crippen molar-refractivity contribution in [1.29, 1.82) is 0 Å². The normalized spacial score (nSPS) is 9.84. The van der Waals surface area contributed by atoms with Crippen LogP contribution in [0.5, 0.6) is 11.5 Å². The van der Waals surface area contributed by atoms with Crippen LogP contribution in [0.15, 0.2) is 103 Å². The van der Waals surface area contributed by atoms with E-state index in [1.165, 1.54) is 11.1 Å². The van der Waals surface area contributed by atoms with Crippen LogP contribution in [-0.4, -0.2) is 15.5 Å². The van der Waals surface area contributed by atoms with E-state index in [0.29, 0.717) is 0 Å². The van der Waals surface area contributed by atoms with Crippen molar-refractivity contribution >= 4 is 27.1 Å². The zero-order valence-electron chi connectivity index (χ0n) is 17.1. The second kappa shape index (κ2) is 13.0. The molecule has 0 fully saturated rings. The molecule has 2 N–H and O–H groups in total. The first-order valence-corrected chi connectivity index (χ1v) is 11.1. The fraction of sp³-hybridized carbons (Fsp3) is 0.111. The molecule has 0 saturated carbocycles. The fourth-order valence-electron chi connectivity index (χ4n) is 3.32. The van der Waals surface area contributed by atoms with Crippen LogP contribution in [-0.2, 0) is 17.1 Å². The maximum absolute atomic E-state index is 9.65. The molecule has 0 bridgehead atoms. The van der Waals surface area contributed by atoms with Gasteiger partial charge in [0.25, 0.3) is 0 Å². The standard InChI is InChI=1S/C22H20BrO2.C5H5.Fe/c23-15-3-6-21(16-4-1-2-5-16)22(17-7-11-19(24)12-8-17)18-9-13-20(25)14-10-18;1-2-4-5-3-1;/h1-2,4-5,7-14,24-25H,3,6,15H2;1-5H;/q2*-1;+2. The molecule has 4 heteroatoms. The van der Waals surface area contributed by atoms with Crippen molar-refractivity contribution < 1.29 is 27.3 Å². The summed E-state index contributed by atoms with van der Waals surface area (Å²) in [5, 5.41) is 20.2. The third kappa shape index (κ3) is 7.29. The van der Waals surface area contributed by atoms with Crippen LogP contribution < -0.4 is 0 Å². The minimum Gasteiger partial charge on any atom is -0.508 e. The van der Waals surface area contributed by atoms with Gasteiger partial charge in [0, 0.05) is 5.33 Å². The Bertz CT molecular complexity index is 951. The van der Waals surface area contributed by atoms with Gasteiger partial charge in [-0.1, -0.05) is 56.9 Å². The molecule has 31 heavy (non-hydrogen) atoms. The monoisotopic (exact) mass is 516 g/mol. The Kier molecular flexibility index (Phi) is 10.4. The van der Waals surface area contributed by atoms with E-state index in [9.17, 15) is 10.2 Å². The Morgan fingerprint density at radius 2 is 1.26 bits per heavy atom. The molecule has 160 valence electrons. The van der Waals surface area contributed by atoms with E-state index in [2.05, 4.69) is 40.2 Å². The Morgan fingerprint density at radius 3 is 1.65 bits per heavy atom. The van der Waals surface area contributed by atoms with Crippen molar-refractivity contribution in [2.45, 2.75) is 12.8 Å². The molecule has 0 heterocycles. The number of phenols is 2. The Balaban J connectivity index is 0.000000501. The van der Waals surface area contributed by atoms with Crippen molar-refractivity contribution in [3.05, 3.63) is 120 Å². The molecule has 2 nitrogen and oxygen atoms in total. The molecule has 0 atom stereocenters. The number of allylic oxidation sites excluding steroid dienone is 1. The number of alkyl halides is 1. The molecule has 0 aromatic heterocycles. The van der Waals surface area contributed by atoms with E-state index >= 15 is 0 Å². The average Bonchev–Trinajstić information content (AvgIpc) is 3.50. The molecule has 4 aromatic rings. The third-order valence-corrected chi connectivity index (χ3v) is 5.30. The molecule has 0 radical (unpaired) electrons. The first kappa shape index (κ1) is 24.7. The Hall–Kier alpha value is -2.52. The number of rotatable bonds is 6. The summed E-state index contributed by atoms with van der Waals surface area (Å²) < 4.78 is 0. The van der Waals surface area contributed by atoms with Gasteiger partial charge in [-0.15, -0.1) is 23.3 Å². The van der Waals surface area contributed by atoms with Gasteiger partial charge < -0.3 is 10.2 Å². The number of hydrogen-bond acceptors (Lipinski definition) is 2. The van der Waals surface area contributed by atoms with Gasteiger partial charge in [-0.3, -0.25) is 0 Å². The molecular formula is C27H25BrFeO2. The van der Waals surface area contributed by atoms with Gasteiger partial charge in [0.2, 0.25) is 0 Å². The van der Waals surface area contributed by atoms with E-state index < -0.39 is 0 Å². The van der Waals surface area contributed by atoms with Crippen molar-refractivity contribution in [3.8, 4) is 11.5 Å². The number of benzene rings is 2. The van der Waals surface area contributed by atoms with Crippen LogP contribution in [0.4, 0.5) is 0 Å². The molecule has 0 unspecified atom stereocenters. The van der Waals surface area contributed by atoms with Gasteiger partial charge in [-0.2, -0.15) is 30.3 Å². The van der Waals surface area contributed by atoms with Crippen LogP contribution in [0.25, 0.3) is 11.1 Å². The molecular weight excluding hydrogens is 492 g/mol. The molecule has 0 spiro atoms. The first-order chi connectivity index (χ1) is 14.7. The summed E-state index contributed by atoms with van der Waals surface area (Å²) in [5.41, 5.74) is 5.70. The fourth-order valence-corrected chi connectivity index (χ4v) is 3.60. The second-order valence-electron chi connectivity index (χ2n) is 6.88. The third-order valence-electron chi connectivity index (χ3n) is 4.74. The molecule has 0 aliphatic carbocycles. The molecule has 4 aromatic carbocycles. The predicted molar refractivity (Wildman–Crippen MR) is 129 cm³/mol. The summed E-state index contributed by atoms with van der Waals surface area (Å²) in [6.07, 6.45) is 1.96. The van der Waals surface area contributed by atoms with Gasteiger partial charge in [-0.05, 0) is 37.1 Å². The van der Waals surface area contributed by atoms with Crippen molar-refractivity contribution in [3.63, 3.8) is 0 Å². The SMILES string of the molecule is Oc1ccc(C(=C(CCCBr)[c-]2cccc2)c2ccc(O)cc2)cc1.[Fe+2].c1cc[cH-]c1. The maximum atomic E-state index is 9.65. The Labute approximate surface area is 203 Å². The largest absolute Gasteiger partial charge is 2.00 e. The second-order valence-corrected chi connectivity index (χ2v) is 7.67. The minimum absolute atomic E-state index is 0. The average molecular weight is 517 g/mol. The predicted octanol–water partition coefficient (Wildman–Crippen LogP) is 7.35. The summed E-state index contributed by atoms with van der Waals surface area (Å²) in [7, 11) is 0. The van der Waals surface area contributed by atoms with Crippen molar-refractivity contribution in [2.75, 3.05) is 5.33 Å². The minimum atomic E-state index is 0. The van der Waals surface area contributed by atoms with Crippen LogP contribution in [0, 0.1) is 0 Å². The quantitative estimate of drug-likeness (QED) is 0.160. The van der Waals surface area contributed by atoms with E-state index in [1.807, 2.05) is 54.6 Å². The summed E-state index contributed by atoms with van der Waals surface area (Å²) in [5.74, 6) is 0.508. The van der Waals surface area contributed by atoms with E-state index in [4.69, 9.17) is 0 Å². The summed E-state index contributed by atoms with van der Waals surface area (Å²) >= 11 is 3.53. The topological polar surface area (TPSA) is 40.5 Å². The van der Waals surface area contributed by atoms with Gasteiger partial charge in [0.1, 0.15) is 11.5 Å². The molecule has 0 aliphatic heterocycles. The molecule has 0 saturated heterocycles. The van der Waals surface area contributed by atoms with Crippen LogP contribution >= 0.6 is 15.9 Å². The van der Waals surface area contributed by atoms with Gasteiger partial charge >= 0.3 is 17.1 Å². The van der Waals surface area contributed by atoms with E-state index in [1.54, 1.807) is 24.3 Å². The molecule has 4 rings (SSSR count). The van der Waals surface area contributed by atoms with Crippen LogP contribution in [0.2, 0.25) is 0 Å². The van der Waals surface area contributed by atoms with Gasteiger partial charge in [-0.25, -0.2) is 12.1 Å². The van der Waals surface area contributed by atoms with Crippen LogP contribution in [0.1, 0.15) is 29.5 Å². The van der Waals surface area contributed by atoms with Gasteiger partial charge in [0.05, 0.1) is 0 Å². The Morgan fingerprint density at radius 1 is 0.774 bits per heavy atom. The van der Waals surface area contributed by atoms with Crippen molar-refractivity contribution in [1.82, 2.24) is 0 Å². The van der Waals surface area contributed by atoms with Crippen LogP contribution in [0.3, 0.4) is 0 Å². The number of halogens is 1. The zero-order chi connectivity index (χ0) is 21.2. The van der Waals surface area contributed by atoms with Gasteiger partial charge in [0.15, 0.2) is 0 Å². The maximum Gasteiger partial charge on any atom is 2.00 e. The smallest absolute Gasteiger partial charge is 0.508 e. The summed E-state index contributed by atoms with van der Waals surface area (Å²) in [6.45, 7) is 0. The summed E-state index contributed by atoms with van der Waals surface area (Å²) in [6, 6.07) is 33.0. The zero-order valence-corrected chi connectivity index (χ0v) is 19.8. The first-order valence-electron chi connectivity index (χ1n) is 9.95. The number of phenolic OH excluding ortho intramolecular Hbond substituents is 2. The van der Waals surface area contributed by atoms with E-state index in [0.717, 1.165) is 34.9 Å².